The molecule has 2 heterocycles. The molecule has 2 atom stereocenters. The van der Waals surface area contributed by atoms with E-state index in [1.807, 2.05) is 0 Å². The van der Waals surface area contributed by atoms with Gasteiger partial charge in [-0.3, -0.25) is 0 Å². The van der Waals surface area contributed by atoms with Gasteiger partial charge in [-0.2, -0.15) is 4.98 Å². The third-order valence-corrected chi connectivity index (χ3v) is 3.18. The van der Waals surface area contributed by atoms with Crippen LogP contribution in [0.25, 0.3) is 11.4 Å². The molecule has 1 aromatic heterocycles. The van der Waals surface area contributed by atoms with Crippen molar-refractivity contribution in [3.05, 3.63) is 36.0 Å². The van der Waals surface area contributed by atoms with Crippen LogP contribution < -0.4 is 5.73 Å². The first-order valence-electron chi connectivity index (χ1n) is 6.21. The van der Waals surface area contributed by atoms with Crippen molar-refractivity contribution >= 4 is 0 Å². The Hall–Kier alpha value is -1.79. The van der Waals surface area contributed by atoms with E-state index in [-0.39, 0.29) is 11.9 Å². The van der Waals surface area contributed by atoms with E-state index >= 15 is 0 Å². The number of rotatable bonds is 3. The molecular formula is C13H14FN3O2. The molecule has 100 valence electrons. The Morgan fingerprint density at radius 3 is 3.05 bits per heavy atom. The van der Waals surface area contributed by atoms with Crippen molar-refractivity contribution in [3.63, 3.8) is 0 Å². The van der Waals surface area contributed by atoms with Crippen LogP contribution in [0.3, 0.4) is 0 Å². The van der Waals surface area contributed by atoms with Gasteiger partial charge in [0.25, 0.3) is 0 Å². The second-order valence-electron chi connectivity index (χ2n) is 4.54. The molecule has 2 aromatic rings. The number of nitrogens with zero attached hydrogens (tertiary/aromatic N) is 2. The van der Waals surface area contributed by atoms with E-state index in [1.165, 1.54) is 12.1 Å². The number of aromatic nitrogens is 2. The molecule has 1 aromatic carbocycles. The highest BCUT2D eigenvalue weighted by Crippen LogP contribution is 2.25. The molecule has 1 saturated heterocycles. The fourth-order valence-electron chi connectivity index (χ4n) is 2.16. The van der Waals surface area contributed by atoms with Gasteiger partial charge in [-0.25, -0.2) is 4.39 Å². The Kier molecular flexibility index (Phi) is 3.27. The van der Waals surface area contributed by atoms with Crippen LogP contribution in [0.1, 0.15) is 24.8 Å². The lowest BCUT2D eigenvalue weighted by Crippen LogP contribution is -2.25. The number of halogens is 1. The fraction of sp³-hybridized carbons (Fsp3) is 0.385. The molecule has 5 nitrogen and oxygen atoms in total. The van der Waals surface area contributed by atoms with Crippen LogP contribution in [0.2, 0.25) is 0 Å². The average molecular weight is 263 g/mol. The van der Waals surface area contributed by atoms with Crippen molar-refractivity contribution in [2.75, 3.05) is 6.61 Å². The van der Waals surface area contributed by atoms with Crippen molar-refractivity contribution in [3.8, 4) is 11.4 Å². The van der Waals surface area contributed by atoms with Gasteiger partial charge in [0, 0.05) is 12.2 Å². The summed E-state index contributed by atoms with van der Waals surface area (Å²) in [6.07, 6.45) is 1.79. The Balaban J connectivity index is 1.82. The van der Waals surface area contributed by atoms with Crippen LogP contribution in [-0.4, -0.2) is 22.9 Å². The number of hydrogen-bond acceptors (Lipinski definition) is 5. The minimum atomic E-state index is -0.433. The Morgan fingerprint density at radius 1 is 1.42 bits per heavy atom. The van der Waals surface area contributed by atoms with Crippen LogP contribution >= 0.6 is 0 Å². The molecule has 1 aliphatic heterocycles. The lowest BCUT2D eigenvalue weighted by Gasteiger charge is -2.13. The number of nitrogens with two attached hydrogens (primary N) is 1. The minimum Gasteiger partial charge on any atom is -0.376 e. The second-order valence-corrected chi connectivity index (χ2v) is 4.54. The summed E-state index contributed by atoms with van der Waals surface area (Å²) in [5.41, 5.74) is 6.59. The quantitative estimate of drug-likeness (QED) is 0.917. The minimum absolute atomic E-state index is 0.0826. The van der Waals surface area contributed by atoms with Gasteiger partial charge < -0.3 is 15.0 Å². The van der Waals surface area contributed by atoms with Crippen LogP contribution in [0.4, 0.5) is 4.39 Å². The zero-order chi connectivity index (χ0) is 13.2. The monoisotopic (exact) mass is 263 g/mol. The zero-order valence-corrected chi connectivity index (χ0v) is 10.3. The van der Waals surface area contributed by atoms with Crippen LogP contribution in [0.15, 0.2) is 28.8 Å². The van der Waals surface area contributed by atoms with Gasteiger partial charge in [0.1, 0.15) is 11.9 Å². The van der Waals surface area contributed by atoms with Crippen molar-refractivity contribution < 1.29 is 13.7 Å². The summed E-state index contributed by atoms with van der Waals surface area (Å²) in [4.78, 5) is 4.22. The third-order valence-electron chi connectivity index (χ3n) is 3.18. The highest BCUT2D eigenvalue weighted by Gasteiger charge is 2.28. The first kappa shape index (κ1) is 12.3. The Labute approximate surface area is 109 Å². The summed E-state index contributed by atoms with van der Waals surface area (Å²) in [7, 11) is 0. The summed E-state index contributed by atoms with van der Waals surface area (Å²) in [5.74, 6) is 0.321. The SMILES string of the molecule is NC(c1nc(-c2cccc(F)c2)no1)C1CCCO1. The van der Waals surface area contributed by atoms with E-state index in [9.17, 15) is 4.39 Å². The second kappa shape index (κ2) is 5.07. The predicted octanol–water partition coefficient (Wildman–Crippen LogP) is 2.05. The normalized spacial score (nSPS) is 20.6. The summed E-state index contributed by atoms with van der Waals surface area (Å²) in [6.45, 7) is 0.712. The van der Waals surface area contributed by atoms with Crippen LogP contribution in [0.5, 0.6) is 0 Å². The van der Waals surface area contributed by atoms with Gasteiger partial charge in [0.15, 0.2) is 0 Å². The summed E-state index contributed by atoms with van der Waals surface area (Å²) >= 11 is 0. The molecule has 0 radical (unpaired) electrons. The standard InChI is InChI=1S/C13H14FN3O2/c14-9-4-1-3-8(7-9)12-16-13(19-17-12)11(15)10-5-2-6-18-10/h1,3-4,7,10-11H,2,5-6,15H2. The first-order chi connectivity index (χ1) is 9.24. The lowest BCUT2D eigenvalue weighted by atomic mass is 10.1. The molecule has 0 amide bonds. The van der Waals surface area contributed by atoms with Gasteiger partial charge in [0.05, 0.1) is 6.10 Å². The molecule has 19 heavy (non-hydrogen) atoms. The largest absolute Gasteiger partial charge is 0.376 e. The molecule has 1 fully saturated rings. The molecule has 6 heteroatoms. The molecule has 2 N–H and O–H groups in total. The van der Waals surface area contributed by atoms with Crippen molar-refractivity contribution in [1.29, 1.82) is 0 Å². The Bertz CT molecular complexity index is 567. The molecule has 1 aliphatic rings. The lowest BCUT2D eigenvalue weighted by molar-refractivity contribution is 0.0801. The number of hydrogen-bond donors (Lipinski definition) is 1. The van der Waals surface area contributed by atoms with E-state index in [0.29, 0.717) is 23.9 Å². The van der Waals surface area contributed by atoms with Crippen LogP contribution in [-0.2, 0) is 4.74 Å². The van der Waals surface area contributed by atoms with E-state index in [0.717, 1.165) is 12.8 Å². The molecule has 2 unspecified atom stereocenters. The third kappa shape index (κ3) is 2.50. The maximum Gasteiger partial charge on any atom is 0.246 e. The molecule has 0 bridgehead atoms. The maximum absolute atomic E-state index is 13.1. The fourth-order valence-corrected chi connectivity index (χ4v) is 2.16. The molecule has 0 spiro atoms. The highest BCUT2D eigenvalue weighted by atomic mass is 19.1. The molecule has 3 rings (SSSR count). The van der Waals surface area contributed by atoms with Crippen molar-refractivity contribution in [2.45, 2.75) is 25.0 Å². The molecular weight excluding hydrogens is 249 g/mol. The molecule has 0 aliphatic carbocycles. The van der Waals surface area contributed by atoms with Gasteiger partial charge in [-0.05, 0) is 25.0 Å². The van der Waals surface area contributed by atoms with Gasteiger partial charge >= 0.3 is 0 Å². The summed E-state index contributed by atoms with van der Waals surface area (Å²) in [6, 6.07) is 5.60. The average Bonchev–Trinajstić information content (AvgIpc) is 3.10. The van der Waals surface area contributed by atoms with Crippen molar-refractivity contribution in [2.24, 2.45) is 5.73 Å². The van der Waals surface area contributed by atoms with Gasteiger partial charge in [-0.15, -0.1) is 0 Å². The van der Waals surface area contributed by atoms with E-state index in [4.69, 9.17) is 15.0 Å². The topological polar surface area (TPSA) is 74.2 Å². The molecule has 0 saturated carbocycles. The van der Waals surface area contributed by atoms with Gasteiger partial charge in [0.2, 0.25) is 11.7 Å². The number of benzene rings is 1. The van der Waals surface area contributed by atoms with E-state index in [1.54, 1.807) is 12.1 Å². The smallest absolute Gasteiger partial charge is 0.246 e. The van der Waals surface area contributed by atoms with E-state index < -0.39 is 6.04 Å². The summed E-state index contributed by atoms with van der Waals surface area (Å²) in [5, 5.41) is 3.83. The van der Waals surface area contributed by atoms with E-state index in [2.05, 4.69) is 10.1 Å². The first-order valence-corrected chi connectivity index (χ1v) is 6.21. The number of ether oxygens (including phenoxy) is 1. The summed E-state index contributed by atoms with van der Waals surface area (Å²) < 4.78 is 23.8. The van der Waals surface area contributed by atoms with Crippen molar-refractivity contribution in [1.82, 2.24) is 10.1 Å². The predicted molar refractivity (Wildman–Crippen MR) is 65.6 cm³/mol. The van der Waals surface area contributed by atoms with Gasteiger partial charge in [-0.1, -0.05) is 17.3 Å². The van der Waals surface area contributed by atoms with Crippen LogP contribution in [0, 0.1) is 5.82 Å². The Morgan fingerprint density at radius 2 is 2.32 bits per heavy atom. The zero-order valence-electron chi connectivity index (χ0n) is 10.3. The maximum atomic E-state index is 13.1. The highest BCUT2D eigenvalue weighted by molar-refractivity contribution is 5.53.